The number of ether oxygens (including phenoxy) is 2. The molecule has 0 spiro atoms. The van der Waals surface area contributed by atoms with Crippen LogP contribution in [-0.4, -0.2) is 35.4 Å². The van der Waals surface area contributed by atoms with E-state index in [1.807, 2.05) is 6.08 Å². The van der Waals surface area contributed by atoms with Gasteiger partial charge in [-0.3, -0.25) is 0 Å². The molecule has 2 fully saturated rings. The molecule has 6 heteroatoms. The number of carbonyl (C=O) groups excluding carboxylic acids is 2. The van der Waals surface area contributed by atoms with E-state index in [0.717, 1.165) is 44.9 Å². The Hall–Kier alpha value is -1.72. The molecule has 2 amide bonds. The SMILES string of the molecule is CC(C)[C@@H]1CC[C@@H](C)C[C@H]1OC(=O)NN(C(=O)O[C@@H]1C[C@H](C)CC[C@H]1C(C)C)C1C=CCCC1. The van der Waals surface area contributed by atoms with Crippen LogP contribution in [0.2, 0.25) is 0 Å². The van der Waals surface area contributed by atoms with Gasteiger partial charge in [0.2, 0.25) is 0 Å². The van der Waals surface area contributed by atoms with Crippen molar-refractivity contribution >= 4 is 12.2 Å². The molecule has 0 heterocycles. The number of amides is 2. The molecule has 194 valence electrons. The molecule has 3 rings (SSSR count). The van der Waals surface area contributed by atoms with Crippen LogP contribution < -0.4 is 5.43 Å². The molecule has 6 nitrogen and oxygen atoms in total. The lowest BCUT2D eigenvalue weighted by Crippen LogP contribution is -2.54. The van der Waals surface area contributed by atoms with E-state index in [1.165, 1.54) is 17.9 Å². The summed E-state index contributed by atoms with van der Waals surface area (Å²) in [6.07, 6.45) is 11.9. The van der Waals surface area contributed by atoms with E-state index in [2.05, 4.69) is 53.0 Å². The quantitative estimate of drug-likeness (QED) is 0.339. The second-order valence-corrected chi connectivity index (χ2v) is 11.9. The Labute approximate surface area is 207 Å². The van der Waals surface area contributed by atoms with E-state index >= 15 is 0 Å². The lowest BCUT2D eigenvalue weighted by molar-refractivity contribution is -0.0309. The molecule has 0 aromatic rings. The first-order chi connectivity index (χ1) is 16.2. The number of nitrogens with zero attached hydrogens (tertiary/aromatic N) is 1. The number of hydrogen-bond donors (Lipinski definition) is 1. The first kappa shape index (κ1) is 26.9. The molecule has 0 aromatic heterocycles. The van der Waals surface area contributed by atoms with Gasteiger partial charge >= 0.3 is 12.2 Å². The topological polar surface area (TPSA) is 67.9 Å². The van der Waals surface area contributed by atoms with Crippen molar-refractivity contribution in [3.63, 3.8) is 0 Å². The number of nitrogens with one attached hydrogen (secondary N) is 1. The van der Waals surface area contributed by atoms with Gasteiger partial charge < -0.3 is 9.47 Å². The molecule has 0 saturated heterocycles. The third-order valence-electron chi connectivity index (χ3n) is 8.40. The first-order valence-electron chi connectivity index (χ1n) is 13.8. The number of rotatable bonds is 5. The number of hydrazine groups is 1. The molecule has 0 aromatic carbocycles. The summed E-state index contributed by atoms with van der Waals surface area (Å²) in [7, 11) is 0. The molecule has 0 aliphatic heterocycles. The van der Waals surface area contributed by atoms with E-state index in [9.17, 15) is 9.59 Å². The Kier molecular flexibility index (Phi) is 9.73. The summed E-state index contributed by atoms with van der Waals surface area (Å²) in [6, 6.07) is -0.210. The molecular formula is C28H48N2O4. The van der Waals surface area contributed by atoms with Gasteiger partial charge in [-0.2, -0.15) is 0 Å². The Morgan fingerprint density at radius 2 is 1.41 bits per heavy atom. The monoisotopic (exact) mass is 476 g/mol. The highest BCUT2D eigenvalue weighted by Gasteiger charge is 2.38. The minimum absolute atomic E-state index is 0.117. The van der Waals surface area contributed by atoms with Crippen molar-refractivity contribution in [2.45, 2.75) is 118 Å². The van der Waals surface area contributed by atoms with Crippen LogP contribution in [0.3, 0.4) is 0 Å². The number of carbonyl (C=O) groups is 2. The van der Waals surface area contributed by atoms with E-state index in [0.29, 0.717) is 35.5 Å². The highest BCUT2D eigenvalue weighted by molar-refractivity contribution is 5.74. The van der Waals surface area contributed by atoms with Gasteiger partial charge in [0.15, 0.2) is 0 Å². The molecule has 34 heavy (non-hydrogen) atoms. The van der Waals surface area contributed by atoms with Crippen LogP contribution in [0, 0.1) is 35.5 Å². The second-order valence-electron chi connectivity index (χ2n) is 11.9. The standard InChI is InChI=1S/C28H48N2O4/c1-18(2)23-14-12-20(5)16-25(23)33-27(31)29-30(22-10-8-7-9-11-22)28(32)34-26-17-21(6)13-15-24(26)19(3)4/h8,10,18-26H,7,9,11-17H2,1-6H3,(H,29,31)/t20-,21-,22?,23+,24+,25-,26-/m1/s1. The van der Waals surface area contributed by atoms with Crippen molar-refractivity contribution in [3.05, 3.63) is 12.2 Å². The van der Waals surface area contributed by atoms with Gasteiger partial charge in [0.05, 0.1) is 6.04 Å². The summed E-state index contributed by atoms with van der Waals surface area (Å²) in [6.45, 7) is 13.2. The van der Waals surface area contributed by atoms with Crippen molar-refractivity contribution < 1.29 is 19.1 Å². The first-order valence-corrected chi connectivity index (χ1v) is 13.8. The molecule has 0 bridgehead atoms. The molecule has 3 aliphatic carbocycles. The number of hydrogen-bond acceptors (Lipinski definition) is 4. The van der Waals surface area contributed by atoms with Gasteiger partial charge in [0.1, 0.15) is 12.2 Å². The average molecular weight is 477 g/mol. The second kappa shape index (κ2) is 12.3. The fourth-order valence-corrected chi connectivity index (χ4v) is 6.22. The van der Waals surface area contributed by atoms with Crippen LogP contribution in [0.1, 0.15) is 99.3 Å². The molecule has 7 atom stereocenters. The van der Waals surface area contributed by atoms with Gasteiger partial charge in [0, 0.05) is 0 Å². The van der Waals surface area contributed by atoms with Crippen molar-refractivity contribution in [2.75, 3.05) is 0 Å². The maximum absolute atomic E-state index is 13.4. The van der Waals surface area contributed by atoms with Crippen LogP contribution in [0.25, 0.3) is 0 Å². The fourth-order valence-electron chi connectivity index (χ4n) is 6.22. The van der Waals surface area contributed by atoms with Crippen LogP contribution >= 0.6 is 0 Å². The zero-order chi connectivity index (χ0) is 24.8. The normalized spacial score (nSPS) is 34.1. The van der Waals surface area contributed by atoms with E-state index in [-0.39, 0.29) is 18.2 Å². The highest BCUT2D eigenvalue weighted by Crippen LogP contribution is 2.37. The van der Waals surface area contributed by atoms with E-state index in [4.69, 9.17) is 9.47 Å². The van der Waals surface area contributed by atoms with Crippen molar-refractivity contribution in [3.8, 4) is 0 Å². The van der Waals surface area contributed by atoms with Crippen LogP contribution in [-0.2, 0) is 9.47 Å². The average Bonchev–Trinajstić information content (AvgIpc) is 2.77. The molecule has 2 saturated carbocycles. The Morgan fingerprint density at radius 3 is 1.91 bits per heavy atom. The summed E-state index contributed by atoms with van der Waals surface area (Å²) in [5, 5.41) is 1.39. The summed E-state index contributed by atoms with van der Waals surface area (Å²) in [5.41, 5.74) is 2.80. The van der Waals surface area contributed by atoms with Crippen molar-refractivity contribution in [2.24, 2.45) is 35.5 Å². The molecule has 0 radical (unpaired) electrons. The smallest absolute Gasteiger partial charge is 0.429 e. The molecule has 1 unspecified atom stereocenters. The number of allylic oxidation sites excluding steroid dienone is 1. The van der Waals surface area contributed by atoms with Crippen molar-refractivity contribution in [1.82, 2.24) is 10.4 Å². The highest BCUT2D eigenvalue weighted by atomic mass is 16.6. The molecular weight excluding hydrogens is 428 g/mol. The maximum atomic E-state index is 13.4. The minimum atomic E-state index is -0.543. The largest absolute Gasteiger partial charge is 0.445 e. The Balaban J connectivity index is 1.70. The third kappa shape index (κ3) is 7.14. The van der Waals surface area contributed by atoms with E-state index in [1.54, 1.807) is 0 Å². The third-order valence-corrected chi connectivity index (χ3v) is 8.40. The van der Waals surface area contributed by atoms with Crippen LogP contribution in [0.15, 0.2) is 12.2 Å². The summed E-state index contributed by atoms with van der Waals surface area (Å²) < 4.78 is 12.1. The zero-order valence-corrected chi connectivity index (χ0v) is 22.3. The zero-order valence-electron chi connectivity index (χ0n) is 22.3. The van der Waals surface area contributed by atoms with E-state index < -0.39 is 12.2 Å². The molecule has 3 aliphatic rings. The van der Waals surface area contributed by atoms with Crippen LogP contribution in [0.5, 0.6) is 0 Å². The Morgan fingerprint density at radius 1 is 0.853 bits per heavy atom. The van der Waals surface area contributed by atoms with Gasteiger partial charge in [-0.1, -0.05) is 66.5 Å². The van der Waals surface area contributed by atoms with Gasteiger partial charge in [-0.25, -0.2) is 20.0 Å². The summed E-state index contributed by atoms with van der Waals surface area (Å²) >= 11 is 0. The van der Waals surface area contributed by atoms with Gasteiger partial charge in [0.25, 0.3) is 0 Å². The summed E-state index contributed by atoms with van der Waals surface area (Å²) in [4.78, 5) is 26.5. The van der Waals surface area contributed by atoms with Gasteiger partial charge in [-0.15, -0.1) is 0 Å². The fraction of sp³-hybridized carbons (Fsp3) is 0.857. The summed E-state index contributed by atoms with van der Waals surface area (Å²) in [5.74, 6) is 2.69. The Bertz CT molecular complexity index is 707. The minimum Gasteiger partial charge on any atom is -0.445 e. The predicted octanol–water partition coefficient (Wildman–Crippen LogP) is 7.10. The lowest BCUT2D eigenvalue weighted by Gasteiger charge is -2.39. The molecule has 1 N–H and O–H groups in total. The van der Waals surface area contributed by atoms with Crippen LogP contribution in [0.4, 0.5) is 9.59 Å². The predicted molar refractivity (Wildman–Crippen MR) is 135 cm³/mol. The van der Waals surface area contributed by atoms with Gasteiger partial charge in [-0.05, 0) is 80.5 Å². The maximum Gasteiger partial charge on any atom is 0.429 e. The van der Waals surface area contributed by atoms with Crippen molar-refractivity contribution in [1.29, 1.82) is 0 Å². The lowest BCUT2D eigenvalue weighted by atomic mass is 9.75.